The summed E-state index contributed by atoms with van der Waals surface area (Å²) >= 11 is 0. The highest BCUT2D eigenvalue weighted by molar-refractivity contribution is 7.89. The molecule has 1 aromatic heterocycles. The van der Waals surface area contributed by atoms with Crippen LogP contribution < -0.4 is 5.73 Å². The second-order valence-electron chi connectivity index (χ2n) is 8.74. The van der Waals surface area contributed by atoms with Crippen molar-refractivity contribution in [3.8, 4) is 0 Å². The molecule has 1 atom stereocenters. The first-order valence-electron chi connectivity index (χ1n) is 10.7. The number of hydrogen-bond acceptors (Lipinski definition) is 6. The third-order valence-corrected chi connectivity index (χ3v) is 8.13. The van der Waals surface area contributed by atoms with Crippen LogP contribution in [-0.4, -0.2) is 47.9 Å². The second kappa shape index (κ2) is 7.76. The number of nitrogens with zero attached hydrogens (tertiary/aromatic N) is 3. The molecule has 0 radical (unpaired) electrons. The lowest BCUT2D eigenvalue weighted by molar-refractivity contribution is 0.0440. The van der Waals surface area contributed by atoms with Gasteiger partial charge in [-0.15, -0.1) is 0 Å². The third-order valence-electron chi connectivity index (χ3n) is 6.63. The molecule has 0 aliphatic carbocycles. The highest BCUT2D eigenvalue weighted by Crippen LogP contribution is 2.35. The van der Waals surface area contributed by atoms with Gasteiger partial charge in [0.2, 0.25) is 0 Å². The minimum Gasteiger partial charge on any atom is -0.399 e. The van der Waals surface area contributed by atoms with Crippen molar-refractivity contribution < 1.29 is 13.2 Å². The molecule has 0 saturated carbocycles. The maximum atomic E-state index is 13.3. The molecule has 0 spiro atoms. The number of nitrogen functional groups attached to an aromatic ring is 1. The molecule has 31 heavy (non-hydrogen) atoms. The summed E-state index contributed by atoms with van der Waals surface area (Å²) in [7, 11) is -3.80. The Balaban J connectivity index is 1.50. The van der Waals surface area contributed by atoms with Crippen LogP contribution in [0.5, 0.6) is 0 Å². The van der Waals surface area contributed by atoms with Gasteiger partial charge in [-0.05, 0) is 61.5 Å². The molecule has 162 valence electrons. The first-order chi connectivity index (χ1) is 14.9. The van der Waals surface area contributed by atoms with Crippen LogP contribution in [-0.2, 0) is 15.8 Å². The smallest absolute Gasteiger partial charge is 0.258 e. The lowest BCUT2D eigenvalue weighted by Crippen LogP contribution is -2.47. The highest BCUT2D eigenvalue weighted by Gasteiger charge is 2.36. The van der Waals surface area contributed by atoms with Gasteiger partial charge in [0, 0.05) is 24.0 Å². The zero-order chi connectivity index (χ0) is 21.6. The molecule has 3 aliphatic rings. The van der Waals surface area contributed by atoms with Gasteiger partial charge in [0.25, 0.3) is 10.0 Å². The minimum atomic E-state index is -3.80. The van der Waals surface area contributed by atoms with Crippen LogP contribution in [0.4, 0.5) is 5.69 Å². The minimum absolute atomic E-state index is 0.108. The van der Waals surface area contributed by atoms with Crippen LogP contribution in [0.25, 0.3) is 10.9 Å². The highest BCUT2D eigenvalue weighted by atomic mass is 32.2. The van der Waals surface area contributed by atoms with Gasteiger partial charge in [-0.25, -0.2) is 8.42 Å². The molecule has 2 aromatic carbocycles. The molecular formula is C23H26N4O3S. The van der Waals surface area contributed by atoms with Crippen molar-refractivity contribution in [1.82, 2.24) is 14.1 Å². The standard InChI is InChI=1S/C23H26N4O3S/c24-19-6-7-21-20(13-19)23(22(28)12-18-14-26-10-8-17(18)9-11-26)25-27(21)31(29,30)15-16-4-2-1-3-5-16/h1-7,13,17-18H,8-12,14-15,24H2/t18-/m1/s1. The summed E-state index contributed by atoms with van der Waals surface area (Å²) in [6, 6.07) is 13.9. The van der Waals surface area contributed by atoms with E-state index in [0.29, 0.717) is 40.4 Å². The molecule has 2 bridgehead atoms. The van der Waals surface area contributed by atoms with E-state index in [1.54, 1.807) is 42.5 Å². The number of carbonyl (C=O) groups excluding carboxylic acids is 1. The number of piperidine rings is 3. The number of anilines is 1. The molecule has 2 N–H and O–H groups in total. The van der Waals surface area contributed by atoms with Gasteiger partial charge < -0.3 is 10.6 Å². The van der Waals surface area contributed by atoms with E-state index in [1.165, 1.54) is 0 Å². The molecule has 3 fully saturated rings. The van der Waals surface area contributed by atoms with Crippen molar-refractivity contribution in [2.75, 3.05) is 25.4 Å². The fraction of sp³-hybridized carbons (Fsp3) is 0.391. The molecule has 0 unspecified atom stereocenters. The molecule has 6 rings (SSSR count). The van der Waals surface area contributed by atoms with Crippen molar-refractivity contribution in [2.24, 2.45) is 11.8 Å². The van der Waals surface area contributed by atoms with Gasteiger partial charge in [0.15, 0.2) is 5.78 Å². The van der Waals surface area contributed by atoms with Crippen molar-refractivity contribution in [1.29, 1.82) is 0 Å². The van der Waals surface area contributed by atoms with Crippen LogP contribution in [0.2, 0.25) is 0 Å². The van der Waals surface area contributed by atoms with Gasteiger partial charge >= 0.3 is 0 Å². The van der Waals surface area contributed by atoms with Gasteiger partial charge in [-0.2, -0.15) is 9.19 Å². The van der Waals surface area contributed by atoms with Gasteiger partial charge in [0.05, 0.1) is 11.3 Å². The topological polar surface area (TPSA) is 98.3 Å². The number of nitrogens with two attached hydrogens (primary N) is 1. The van der Waals surface area contributed by atoms with Crippen LogP contribution in [0, 0.1) is 11.8 Å². The van der Waals surface area contributed by atoms with Crippen LogP contribution in [0.15, 0.2) is 48.5 Å². The number of fused-ring (bicyclic) bond motifs is 4. The van der Waals surface area contributed by atoms with Crippen LogP contribution in [0.3, 0.4) is 0 Å². The van der Waals surface area contributed by atoms with E-state index in [9.17, 15) is 13.2 Å². The van der Waals surface area contributed by atoms with E-state index in [-0.39, 0.29) is 17.2 Å². The average Bonchev–Trinajstić information content (AvgIpc) is 3.15. The SMILES string of the molecule is Nc1ccc2c(c1)c(C(=O)C[C@@H]1CN3CCC1CC3)nn2S(=O)(=O)Cc1ccccc1. The first-order valence-corrected chi connectivity index (χ1v) is 12.3. The van der Waals surface area contributed by atoms with Crippen molar-refractivity contribution in [3.05, 3.63) is 59.8 Å². The molecule has 3 aromatic rings. The summed E-state index contributed by atoms with van der Waals surface area (Å²) in [6.45, 7) is 3.16. The monoisotopic (exact) mass is 438 g/mol. The molecular weight excluding hydrogens is 412 g/mol. The van der Waals surface area contributed by atoms with Gasteiger partial charge in [-0.3, -0.25) is 4.79 Å². The van der Waals surface area contributed by atoms with E-state index in [2.05, 4.69) is 10.00 Å². The molecule has 3 saturated heterocycles. The number of ketones is 1. The largest absolute Gasteiger partial charge is 0.399 e. The second-order valence-corrected chi connectivity index (χ2v) is 10.5. The molecule has 7 nitrogen and oxygen atoms in total. The Kier molecular flexibility index (Phi) is 5.06. The summed E-state index contributed by atoms with van der Waals surface area (Å²) < 4.78 is 27.4. The summed E-state index contributed by atoms with van der Waals surface area (Å²) in [5.41, 5.74) is 7.70. The Morgan fingerprint density at radius 1 is 1.10 bits per heavy atom. The number of aromatic nitrogens is 2. The number of benzene rings is 2. The maximum absolute atomic E-state index is 13.3. The van der Waals surface area contributed by atoms with E-state index >= 15 is 0 Å². The molecule has 4 heterocycles. The fourth-order valence-corrected chi connectivity index (χ4v) is 6.43. The van der Waals surface area contributed by atoms with Gasteiger partial charge in [0.1, 0.15) is 5.69 Å². The Morgan fingerprint density at radius 2 is 1.84 bits per heavy atom. The van der Waals surface area contributed by atoms with E-state index in [0.717, 1.165) is 36.6 Å². The normalized spacial score (nSPS) is 23.3. The Labute approximate surface area is 181 Å². The lowest BCUT2D eigenvalue weighted by atomic mass is 9.76. The fourth-order valence-electron chi connectivity index (χ4n) is 5.03. The summed E-state index contributed by atoms with van der Waals surface area (Å²) in [4.78, 5) is 15.7. The molecule has 0 amide bonds. The zero-order valence-electron chi connectivity index (χ0n) is 17.3. The lowest BCUT2D eigenvalue weighted by Gasteiger charge is -2.44. The Hall–Kier alpha value is -2.71. The van der Waals surface area contributed by atoms with Crippen LogP contribution in [0.1, 0.15) is 35.3 Å². The van der Waals surface area contributed by atoms with Crippen molar-refractivity contribution in [2.45, 2.75) is 25.0 Å². The quantitative estimate of drug-likeness (QED) is 0.469. The summed E-state index contributed by atoms with van der Waals surface area (Å²) in [5, 5.41) is 4.84. The number of rotatable bonds is 6. The number of hydrogen-bond donors (Lipinski definition) is 1. The molecule has 8 heteroatoms. The zero-order valence-corrected chi connectivity index (χ0v) is 18.1. The average molecular weight is 439 g/mol. The number of carbonyl (C=O) groups is 1. The number of Topliss-reactive ketones (excluding diaryl/α,β-unsaturated/α-hetero) is 1. The van der Waals surface area contributed by atoms with Crippen molar-refractivity contribution >= 4 is 32.4 Å². The van der Waals surface area contributed by atoms with E-state index in [1.807, 2.05) is 6.07 Å². The predicted molar refractivity (Wildman–Crippen MR) is 120 cm³/mol. The van der Waals surface area contributed by atoms with Crippen molar-refractivity contribution in [3.63, 3.8) is 0 Å². The Morgan fingerprint density at radius 3 is 2.52 bits per heavy atom. The van der Waals surface area contributed by atoms with Gasteiger partial charge in [-0.1, -0.05) is 30.3 Å². The van der Waals surface area contributed by atoms with E-state index in [4.69, 9.17) is 5.73 Å². The maximum Gasteiger partial charge on any atom is 0.258 e. The third kappa shape index (κ3) is 3.85. The van der Waals surface area contributed by atoms with E-state index < -0.39 is 10.0 Å². The predicted octanol–water partition coefficient (Wildman–Crippen LogP) is 2.91. The first kappa shape index (κ1) is 20.2. The summed E-state index contributed by atoms with van der Waals surface area (Å²) in [6.07, 6.45) is 2.65. The Bertz CT molecular complexity index is 1230. The summed E-state index contributed by atoms with van der Waals surface area (Å²) in [5.74, 6) is 0.567. The molecule has 3 aliphatic heterocycles. The van der Waals surface area contributed by atoms with Crippen LogP contribution >= 0.6 is 0 Å².